The van der Waals surface area contributed by atoms with Crippen LogP contribution in [0.3, 0.4) is 0 Å². The fraction of sp³-hybridized carbons (Fsp3) is 0.583. The summed E-state index contributed by atoms with van der Waals surface area (Å²) in [5.74, 6) is 0. The topological polar surface area (TPSA) is 16.1 Å². The number of aromatic nitrogens is 1. The molecule has 0 unspecified atom stereocenters. The average molecular weight is 190 g/mol. The molecule has 0 radical (unpaired) electrons. The quantitative estimate of drug-likeness (QED) is 0.712. The lowest BCUT2D eigenvalue weighted by atomic mass is 10.2. The summed E-state index contributed by atoms with van der Waals surface area (Å²) in [6, 6.07) is 4.19. The van der Waals surface area contributed by atoms with E-state index in [9.17, 15) is 0 Å². The SMILES string of the molecule is c1cncc(CN2CCCCCC2)c1. The Morgan fingerprint density at radius 2 is 1.93 bits per heavy atom. The molecule has 1 saturated heterocycles. The van der Waals surface area contributed by atoms with E-state index in [0.717, 1.165) is 6.54 Å². The first-order valence-electron chi connectivity index (χ1n) is 5.56. The molecule has 1 aromatic heterocycles. The van der Waals surface area contributed by atoms with Crippen LogP contribution in [0, 0.1) is 0 Å². The lowest BCUT2D eigenvalue weighted by Gasteiger charge is -2.19. The van der Waals surface area contributed by atoms with Gasteiger partial charge in [-0.05, 0) is 37.6 Å². The number of likely N-dealkylation sites (tertiary alicyclic amines) is 1. The largest absolute Gasteiger partial charge is 0.299 e. The summed E-state index contributed by atoms with van der Waals surface area (Å²) in [6.45, 7) is 3.59. The summed E-state index contributed by atoms with van der Waals surface area (Å²) in [5.41, 5.74) is 1.34. The minimum absolute atomic E-state index is 1.08. The highest BCUT2D eigenvalue weighted by molar-refractivity contribution is 5.08. The Morgan fingerprint density at radius 1 is 1.14 bits per heavy atom. The monoisotopic (exact) mass is 190 g/mol. The van der Waals surface area contributed by atoms with Crippen molar-refractivity contribution in [2.24, 2.45) is 0 Å². The number of hydrogen-bond donors (Lipinski definition) is 0. The molecule has 0 atom stereocenters. The molecule has 2 nitrogen and oxygen atoms in total. The highest BCUT2D eigenvalue weighted by atomic mass is 15.1. The highest BCUT2D eigenvalue weighted by Crippen LogP contribution is 2.12. The van der Waals surface area contributed by atoms with Crippen LogP contribution in [0.5, 0.6) is 0 Å². The minimum atomic E-state index is 1.08. The van der Waals surface area contributed by atoms with E-state index >= 15 is 0 Å². The van der Waals surface area contributed by atoms with Gasteiger partial charge in [0.05, 0.1) is 0 Å². The Balaban J connectivity index is 1.90. The van der Waals surface area contributed by atoms with Crippen molar-refractivity contribution < 1.29 is 0 Å². The van der Waals surface area contributed by atoms with E-state index < -0.39 is 0 Å². The Morgan fingerprint density at radius 3 is 2.57 bits per heavy atom. The lowest BCUT2D eigenvalue weighted by Crippen LogP contribution is -2.23. The molecule has 2 rings (SSSR count). The van der Waals surface area contributed by atoms with Crippen LogP contribution >= 0.6 is 0 Å². The Kier molecular flexibility index (Phi) is 3.52. The molecule has 2 heteroatoms. The van der Waals surface area contributed by atoms with E-state index in [1.807, 2.05) is 18.5 Å². The molecular weight excluding hydrogens is 172 g/mol. The lowest BCUT2D eigenvalue weighted by molar-refractivity contribution is 0.276. The second-order valence-corrected chi connectivity index (χ2v) is 4.05. The molecule has 1 aliphatic rings. The average Bonchev–Trinajstić information content (AvgIpc) is 2.48. The first-order valence-corrected chi connectivity index (χ1v) is 5.56. The van der Waals surface area contributed by atoms with Gasteiger partial charge in [-0.3, -0.25) is 9.88 Å². The second-order valence-electron chi connectivity index (χ2n) is 4.05. The summed E-state index contributed by atoms with van der Waals surface area (Å²) < 4.78 is 0. The fourth-order valence-corrected chi connectivity index (χ4v) is 2.04. The van der Waals surface area contributed by atoms with Gasteiger partial charge in [0.1, 0.15) is 0 Å². The molecule has 1 fully saturated rings. The molecule has 0 bridgehead atoms. The van der Waals surface area contributed by atoms with Crippen LogP contribution in [0.1, 0.15) is 31.2 Å². The van der Waals surface area contributed by atoms with Crippen molar-refractivity contribution in [3.63, 3.8) is 0 Å². The molecule has 0 spiro atoms. The normalized spacial score (nSPS) is 19.1. The molecule has 0 N–H and O–H groups in total. The molecule has 0 saturated carbocycles. The van der Waals surface area contributed by atoms with Gasteiger partial charge in [-0.15, -0.1) is 0 Å². The van der Waals surface area contributed by atoms with E-state index in [-0.39, 0.29) is 0 Å². The maximum Gasteiger partial charge on any atom is 0.0312 e. The van der Waals surface area contributed by atoms with Gasteiger partial charge in [-0.25, -0.2) is 0 Å². The van der Waals surface area contributed by atoms with Gasteiger partial charge in [0.25, 0.3) is 0 Å². The minimum Gasteiger partial charge on any atom is -0.299 e. The van der Waals surface area contributed by atoms with Crippen molar-refractivity contribution in [2.45, 2.75) is 32.2 Å². The maximum absolute atomic E-state index is 4.15. The Labute approximate surface area is 86.0 Å². The van der Waals surface area contributed by atoms with Crippen molar-refractivity contribution in [1.29, 1.82) is 0 Å². The van der Waals surface area contributed by atoms with Crippen LogP contribution in [-0.4, -0.2) is 23.0 Å². The van der Waals surface area contributed by atoms with Gasteiger partial charge >= 0.3 is 0 Å². The van der Waals surface area contributed by atoms with E-state index in [2.05, 4.69) is 16.0 Å². The number of pyridine rings is 1. The third-order valence-electron chi connectivity index (χ3n) is 2.83. The van der Waals surface area contributed by atoms with Crippen molar-refractivity contribution in [3.05, 3.63) is 30.1 Å². The Bertz CT molecular complexity index is 250. The van der Waals surface area contributed by atoms with Crippen LogP contribution < -0.4 is 0 Å². The van der Waals surface area contributed by atoms with Crippen molar-refractivity contribution in [1.82, 2.24) is 9.88 Å². The van der Waals surface area contributed by atoms with Crippen molar-refractivity contribution in [3.8, 4) is 0 Å². The van der Waals surface area contributed by atoms with E-state index in [4.69, 9.17) is 0 Å². The van der Waals surface area contributed by atoms with E-state index in [0.29, 0.717) is 0 Å². The van der Waals surface area contributed by atoms with Gasteiger partial charge in [0, 0.05) is 18.9 Å². The zero-order valence-electron chi connectivity index (χ0n) is 8.65. The molecule has 1 aliphatic heterocycles. The van der Waals surface area contributed by atoms with Crippen LogP contribution in [0.4, 0.5) is 0 Å². The van der Waals surface area contributed by atoms with Gasteiger partial charge in [0.15, 0.2) is 0 Å². The van der Waals surface area contributed by atoms with Gasteiger partial charge in [-0.1, -0.05) is 18.9 Å². The number of hydrogen-bond acceptors (Lipinski definition) is 2. The summed E-state index contributed by atoms with van der Waals surface area (Å²) in [6.07, 6.45) is 9.35. The van der Waals surface area contributed by atoms with Gasteiger partial charge in [-0.2, -0.15) is 0 Å². The summed E-state index contributed by atoms with van der Waals surface area (Å²) >= 11 is 0. The molecule has 0 aromatic carbocycles. The van der Waals surface area contributed by atoms with Gasteiger partial charge in [0.2, 0.25) is 0 Å². The fourth-order valence-electron chi connectivity index (χ4n) is 2.04. The van der Waals surface area contributed by atoms with Crippen molar-refractivity contribution >= 4 is 0 Å². The standard InChI is InChI=1S/C12H18N2/c1-2-4-9-14(8-3-1)11-12-6-5-7-13-10-12/h5-7,10H,1-4,8-9,11H2. The third kappa shape index (κ3) is 2.81. The van der Waals surface area contributed by atoms with E-state index in [1.165, 1.54) is 44.3 Å². The zero-order chi connectivity index (χ0) is 9.64. The number of nitrogens with zero attached hydrogens (tertiary/aromatic N) is 2. The van der Waals surface area contributed by atoms with Crippen LogP contribution in [0.2, 0.25) is 0 Å². The highest BCUT2D eigenvalue weighted by Gasteiger charge is 2.08. The second kappa shape index (κ2) is 5.11. The molecule has 0 amide bonds. The molecular formula is C12H18N2. The molecule has 1 aromatic rings. The predicted molar refractivity (Wildman–Crippen MR) is 58.0 cm³/mol. The molecule has 2 heterocycles. The predicted octanol–water partition coefficient (Wildman–Crippen LogP) is 2.46. The van der Waals surface area contributed by atoms with Gasteiger partial charge < -0.3 is 0 Å². The zero-order valence-corrected chi connectivity index (χ0v) is 8.65. The number of rotatable bonds is 2. The summed E-state index contributed by atoms with van der Waals surface area (Å²) in [5, 5.41) is 0. The maximum atomic E-state index is 4.15. The van der Waals surface area contributed by atoms with Crippen LogP contribution in [-0.2, 0) is 6.54 Å². The van der Waals surface area contributed by atoms with Crippen LogP contribution in [0.15, 0.2) is 24.5 Å². The summed E-state index contributed by atoms with van der Waals surface area (Å²) in [7, 11) is 0. The molecule has 14 heavy (non-hydrogen) atoms. The molecule has 76 valence electrons. The molecule has 0 aliphatic carbocycles. The third-order valence-corrected chi connectivity index (χ3v) is 2.83. The summed E-state index contributed by atoms with van der Waals surface area (Å²) in [4.78, 5) is 6.69. The smallest absolute Gasteiger partial charge is 0.0312 e. The van der Waals surface area contributed by atoms with Crippen LogP contribution in [0.25, 0.3) is 0 Å². The first kappa shape index (κ1) is 9.66. The Hall–Kier alpha value is -0.890. The first-order chi connectivity index (χ1) is 6.95. The van der Waals surface area contributed by atoms with E-state index in [1.54, 1.807) is 0 Å². The van der Waals surface area contributed by atoms with Crippen molar-refractivity contribution in [2.75, 3.05) is 13.1 Å².